The third kappa shape index (κ3) is 4.81. The number of carbonyl (C=O) groups is 1. The van der Waals surface area contributed by atoms with Gasteiger partial charge < -0.3 is 10.5 Å². The van der Waals surface area contributed by atoms with Crippen LogP contribution in [0.3, 0.4) is 0 Å². The molecular weight excluding hydrogens is 328 g/mol. The van der Waals surface area contributed by atoms with Crippen LogP contribution in [0.2, 0.25) is 0 Å². The topological polar surface area (TPSA) is 98.5 Å². The van der Waals surface area contributed by atoms with Gasteiger partial charge in [0.2, 0.25) is 10.0 Å². The third-order valence-electron chi connectivity index (χ3n) is 4.71. The number of ether oxygens (including phenoxy) is 1. The maximum absolute atomic E-state index is 12.6. The lowest BCUT2D eigenvalue weighted by atomic mass is 9.89. The van der Waals surface area contributed by atoms with Gasteiger partial charge in [0, 0.05) is 12.1 Å². The molecule has 130 valence electrons. The predicted octanol–water partition coefficient (Wildman–Crippen LogP) is 1.33. The Kier molecular flexibility index (Phi) is 7.58. The Labute approximate surface area is 139 Å². The Morgan fingerprint density at radius 2 is 1.68 bits per heavy atom. The second kappa shape index (κ2) is 8.47. The van der Waals surface area contributed by atoms with E-state index in [-0.39, 0.29) is 24.5 Å². The summed E-state index contributed by atoms with van der Waals surface area (Å²) >= 11 is 0. The van der Waals surface area contributed by atoms with Crippen LogP contribution in [0.25, 0.3) is 0 Å². The lowest BCUT2D eigenvalue weighted by molar-refractivity contribution is -0.146. The second-order valence-corrected chi connectivity index (χ2v) is 8.16. The normalized spacial score (nSPS) is 32.8. The third-order valence-corrected chi connectivity index (χ3v) is 6.73. The fraction of sp³-hybridized carbons (Fsp3) is 0.929. The van der Waals surface area contributed by atoms with Crippen LogP contribution in [0.4, 0.5) is 0 Å². The van der Waals surface area contributed by atoms with Crippen molar-refractivity contribution >= 4 is 28.4 Å². The zero-order chi connectivity index (χ0) is 15.5. The lowest BCUT2D eigenvalue weighted by Gasteiger charge is -2.32. The zero-order valence-corrected chi connectivity index (χ0v) is 14.6. The predicted molar refractivity (Wildman–Crippen MR) is 87.3 cm³/mol. The van der Waals surface area contributed by atoms with E-state index in [4.69, 9.17) is 10.5 Å². The fourth-order valence-electron chi connectivity index (χ4n) is 3.45. The average Bonchev–Trinajstić information content (AvgIpc) is 2.48. The van der Waals surface area contributed by atoms with Crippen molar-refractivity contribution in [2.24, 2.45) is 11.7 Å². The van der Waals surface area contributed by atoms with Gasteiger partial charge in [-0.3, -0.25) is 4.79 Å². The van der Waals surface area contributed by atoms with Crippen molar-refractivity contribution in [2.45, 2.75) is 68.7 Å². The first-order valence-electron chi connectivity index (χ1n) is 7.78. The smallest absolute Gasteiger partial charge is 0.310 e. The molecule has 8 heteroatoms. The van der Waals surface area contributed by atoms with Crippen LogP contribution in [-0.2, 0) is 19.6 Å². The van der Waals surface area contributed by atoms with Crippen LogP contribution in [0.1, 0.15) is 51.4 Å². The van der Waals surface area contributed by atoms with E-state index in [1.807, 2.05) is 0 Å². The van der Waals surface area contributed by atoms with Gasteiger partial charge in [-0.2, -0.15) is 0 Å². The molecule has 0 spiro atoms. The molecule has 0 heterocycles. The van der Waals surface area contributed by atoms with Gasteiger partial charge in [-0.25, -0.2) is 13.1 Å². The number of hydrogen-bond donors (Lipinski definition) is 2. The largest absolute Gasteiger partial charge is 0.469 e. The highest BCUT2D eigenvalue weighted by atomic mass is 35.5. The number of rotatable bonds is 4. The van der Waals surface area contributed by atoms with Crippen molar-refractivity contribution in [2.75, 3.05) is 7.11 Å². The molecule has 0 bridgehead atoms. The Morgan fingerprint density at radius 1 is 1.09 bits per heavy atom. The van der Waals surface area contributed by atoms with E-state index in [0.29, 0.717) is 12.8 Å². The average molecular weight is 355 g/mol. The Morgan fingerprint density at radius 3 is 2.27 bits per heavy atom. The minimum Gasteiger partial charge on any atom is -0.469 e. The van der Waals surface area contributed by atoms with Crippen molar-refractivity contribution in [1.82, 2.24) is 4.72 Å². The minimum absolute atomic E-state index is 0. The number of hydrogen-bond acceptors (Lipinski definition) is 5. The number of carbonyl (C=O) groups excluding carboxylic acids is 1. The monoisotopic (exact) mass is 354 g/mol. The summed E-state index contributed by atoms with van der Waals surface area (Å²) < 4.78 is 32.8. The van der Waals surface area contributed by atoms with E-state index in [1.54, 1.807) is 0 Å². The highest BCUT2D eigenvalue weighted by Gasteiger charge is 2.41. The molecule has 0 aromatic rings. The van der Waals surface area contributed by atoms with Crippen molar-refractivity contribution < 1.29 is 17.9 Å². The maximum Gasteiger partial charge on any atom is 0.310 e. The molecule has 2 aliphatic carbocycles. The van der Waals surface area contributed by atoms with Gasteiger partial charge in [-0.1, -0.05) is 12.8 Å². The van der Waals surface area contributed by atoms with Gasteiger partial charge >= 0.3 is 5.97 Å². The number of esters is 1. The van der Waals surface area contributed by atoms with E-state index in [1.165, 1.54) is 7.11 Å². The molecule has 2 atom stereocenters. The molecule has 0 amide bonds. The van der Waals surface area contributed by atoms with E-state index in [2.05, 4.69) is 4.72 Å². The molecule has 2 fully saturated rings. The maximum atomic E-state index is 12.6. The molecule has 0 saturated heterocycles. The highest BCUT2D eigenvalue weighted by Crippen LogP contribution is 2.31. The van der Waals surface area contributed by atoms with E-state index in [0.717, 1.165) is 38.5 Å². The van der Waals surface area contributed by atoms with Crippen molar-refractivity contribution in [3.8, 4) is 0 Å². The molecule has 6 nitrogen and oxygen atoms in total. The molecule has 3 N–H and O–H groups in total. The number of nitrogens with one attached hydrogen (secondary N) is 1. The zero-order valence-electron chi connectivity index (χ0n) is 13.0. The molecule has 0 aromatic heterocycles. The minimum atomic E-state index is -3.50. The van der Waals surface area contributed by atoms with Gasteiger partial charge in [-0.05, 0) is 38.5 Å². The second-order valence-electron chi connectivity index (χ2n) is 6.23. The number of methoxy groups -OCH3 is 1. The Bertz CT molecular complexity index is 463. The molecule has 0 radical (unpaired) electrons. The molecule has 0 aromatic carbocycles. The summed E-state index contributed by atoms with van der Waals surface area (Å²) in [6.07, 6.45) is 6.08. The SMILES string of the molecule is COC(=O)C1CCCCC1S(=O)(=O)NC1CCC(N)CC1.Cl. The standard InChI is InChI=1S/C14H26N2O4S.ClH/c1-20-14(17)12-4-2-3-5-13(12)21(18,19)16-11-8-6-10(15)7-9-11;/h10-13,16H,2-9,15H2,1H3;1H. The quantitative estimate of drug-likeness (QED) is 0.742. The molecule has 2 aliphatic rings. The van der Waals surface area contributed by atoms with Crippen molar-refractivity contribution in [3.63, 3.8) is 0 Å². The van der Waals surface area contributed by atoms with Gasteiger partial charge in [0.25, 0.3) is 0 Å². The molecule has 2 rings (SSSR count). The van der Waals surface area contributed by atoms with Crippen LogP contribution >= 0.6 is 12.4 Å². The lowest BCUT2D eigenvalue weighted by Crippen LogP contribution is -2.48. The van der Waals surface area contributed by atoms with Crippen LogP contribution in [-0.4, -0.2) is 38.8 Å². The van der Waals surface area contributed by atoms with E-state index in [9.17, 15) is 13.2 Å². The van der Waals surface area contributed by atoms with Gasteiger partial charge in [0.1, 0.15) is 0 Å². The summed E-state index contributed by atoms with van der Waals surface area (Å²) in [5, 5.41) is -0.658. The fourth-order valence-corrected chi connectivity index (χ4v) is 5.48. The van der Waals surface area contributed by atoms with E-state index >= 15 is 0 Å². The van der Waals surface area contributed by atoms with Crippen LogP contribution in [0.15, 0.2) is 0 Å². The first-order chi connectivity index (χ1) is 9.94. The van der Waals surface area contributed by atoms with Gasteiger partial charge in [0.15, 0.2) is 0 Å². The molecule has 2 unspecified atom stereocenters. The van der Waals surface area contributed by atoms with Crippen LogP contribution < -0.4 is 10.5 Å². The van der Waals surface area contributed by atoms with Gasteiger partial charge in [-0.15, -0.1) is 12.4 Å². The molecule has 2 saturated carbocycles. The van der Waals surface area contributed by atoms with Crippen molar-refractivity contribution in [1.29, 1.82) is 0 Å². The Balaban J connectivity index is 0.00000242. The summed E-state index contributed by atoms with van der Waals surface area (Å²) in [7, 11) is -2.18. The first-order valence-corrected chi connectivity index (χ1v) is 9.33. The highest BCUT2D eigenvalue weighted by molar-refractivity contribution is 7.90. The summed E-state index contributed by atoms with van der Waals surface area (Å²) in [6.45, 7) is 0. The summed E-state index contributed by atoms with van der Waals surface area (Å²) in [4.78, 5) is 11.8. The van der Waals surface area contributed by atoms with Gasteiger partial charge in [0.05, 0.1) is 18.3 Å². The number of sulfonamides is 1. The molecular formula is C14H27ClN2O4S. The molecule has 0 aliphatic heterocycles. The summed E-state index contributed by atoms with van der Waals surface area (Å²) in [5.74, 6) is -0.942. The van der Waals surface area contributed by atoms with E-state index < -0.39 is 27.2 Å². The number of halogens is 1. The summed E-state index contributed by atoms with van der Waals surface area (Å²) in [5.41, 5.74) is 5.84. The Hall–Kier alpha value is -0.370. The molecule has 22 heavy (non-hydrogen) atoms. The van der Waals surface area contributed by atoms with Crippen LogP contribution in [0, 0.1) is 5.92 Å². The van der Waals surface area contributed by atoms with Crippen molar-refractivity contribution in [3.05, 3.63) is 0 Å². The number of nitrogens with two attached hydrogens (primary N) is 1. The first kappa shape index (κ1) is 19.7. The van der Waals surface area contributed by atoms with Crippen LogP contribution in [0.5, 0.6) is 0 Å². The summed E-state index contributed by atoms with van der Waals surface area (Å²) in [6, 6.07) is 0.137.